The molecule has 0 saturated carbocycles. The van der Waals surface area contributed by atoms with Gasteiger partial charge in [0.25, 0.3) is 0 Å². The van der Waals surface area contributed by atoms with Crippen LogP contribution in [0.5, 0.6) is 0 Å². The molecule has 0 unspecified atom stereocenters. The highest BCUT2D eigenvalue weighted by Gasteiger charge is 2.19. The molecule has 0 spiro atoms. The molecule has 2 heterocycles. The molecule has 1 aromatic heterocycles. The van der Waals surface area contributed by atoms with Crippen molar-refractivity contribution in [2.24, 2.45) is 7.05 Å². The summed E-state index contributed by atoms with van der Waals surface area (Å²) in [5.74, 6) is 0.236. The number of aryl methyl sites for hydroxylation is 1. The Labute approximate surface area is 109 Å². The summed E-state index contributed by atoms with van der Waals surface area (Å²) in [5.41, 5.74) is 0.827. The van der Waals surface area contributed by atoms with Gasteiger partial charge in [-0.3, -0.25) is 9.69 Å². The molecule has 1 aromatic rings. The van der Waals surface area contributed by atoms with Gasteiger partial charge in [-0.1, -0.05) is 6.92 Å². The standard InChI is InChI=1S/C14H23N3O/c1-3-5-16-7-9-17(10-8-16)12-14(18)13-4-6-15(2)11-13/h4,6,11H,3,5,7-10,12H2,1-2H3. The van der Waals surface area contributed by atoms with Crippen molar-refractivity contribution < 1.29 is 4.79 Å². The van der Waals surface area contributed by atoms with Crippen molar-refractivity contribution in [3.63, 3.8) is 0 Å². The average molecular weight is 249 g/mol. The van der Waals surface area contributed by atoms with Gasteiger partial charge in [-0.05, 0) is 19.0 Å². The molecular formula is C14H23N3O. The van der Waals surface area contributed by atoms with E-state index in [0.717, 1.165) is 31.7 Å². The van der Waals surface area contributed by atoms with Gasteiger partial charge in [-0.25, -0.2) is 0 Å². The van der Waals surface area contributed by atoms with Crippen molar-refractivity contribution in [3.05, 3.63) is 24.0 Å². The molecule has 0 N–H and O–H groups in total. The molecule has 1 saturated heterocycles. The lowest BCUT2D eigenvalue weighted by molar-refractivity contribution is 0.0853. The SMILES string of the molecule is CCCN1CCN(CC(=O)c2ccn(C)c2)CC1. The molecule has 1 aliphatic heterocycles. The molecule has 4 nitrogen and oxygen atoms in total. The number of nitrogens with zero attached hydrogens (tertiary/aromatic N) is 3. The maximum absolute atomic E-state index is 12.1. The van der Waals surface area contributed by atoms with Gasteiger partial charge in [0, 0.05) is 51.2 Å². The van der Waals surface area contributed by atoms with E-state index < -0.39 is 0 Å². The van der Waals surface area contributed by atoms with Gasteiger partial charge in [0.1, 0.15) is 0 Å². The van der Waals surface area contributed by atoms with Gasteiger partial charge in [0.2, 0.25) is 0 Å². The normalized spacial score (nSPS) is 18.1. The van der Waals surface area contributed by atoms with E-state index in [1.807, 2.05) is 30.1 Å². The Kier molecular flexibility index (Phi) is 4.55. The molecule has 0 radical (unpaired) electrons. The first kappa shape index (κ1) is 13.3. The zero-order chi connectivity index (χ0) is 13.0. The van der Waals surface area contributed by atoms with Gasteiger partial charge in [-0.2, -0.15) is 0 Å². The van der Waals surface area contributed by atoms with E-state index in [9.17, 15) is 4.79 Å². The van der Waals surface area contributed by atoms with Gasteiger partial charge in [-0.15, -0.1) is 0 Å². The molecule has 2 rings (SSSR count). The summed E-state index contributed by atoms with van der Waals surface area (Å²) in [6.45, 7) is 8.17. The fourth-order valence-electron chi connectivity index (χ4n) is 2.45. The van der Waals surface area contributed by atoms with Crippen molar-refractivity contribution in [2.75, 3.05) is 39.3 Å². The maximum Gasteiger partial charge on any atom is 0.178 e. The number of aromatic nitrogens is 1. The van der Waals surface area contributed by atoms with Crippen LogP contribution in [0.2, 0.25) is 0 Å². The lowest BCUT2D eigenvalue weighted by atomic mass is 10.2. The molecule has 0 bridgehead atoms. The Morgan fingerprint density at radius 2 is 1.89 bits per heavy atom. The van der Waals surface area contributed by atoms with Crippen molar-refractivity contribution in [2.45, 2.75) is 13.3 Å². The number of Topliss-reactive ketones (excluding diaryl/α,β-unsaturated/α-hetero) is 1. The monoisotopic (exact) mass is 249 g/mol. The highest BCUT2D eigenvalue weighted by atomic mass is 16.1. The Morgan fingerprint density at radius 3 is 2.44 bits per heavy atom. The minimum Gasteiger partial charge on any atom is -0.357 e. The lowest BCUT2D eigenvalue weighted by Crippen LogP contribution is -2.47. The van der Waals surface area contributed by atoms with E-state index in [0.29, 0.717) is 6.54 Å². The summed E-state index contributed by atoms with van der Waals surface area (Å²) < 4.78 is 1.92. The zero-order valence-electron chi connectivity index (χ0n) is 11.4. The summed E-state index contributed by atoms with van der Waals surface area (Å²) in [5, 5.41) is 0. The largest absolute Gasteiger partial charge is 0.357 e. The Morgan fingerprint density at radius 1 is 1.22 bits per heavy atom. The van der Waals surface area contributed by atoms with Gasteiger partial charge in [0.15, 0.2) is 5.78 Å². The van der Waals surface area contributed by atoms with Crippen LogP contribution in [-0.2, 0) is 7.05 Å². The van der Waals surface area contributed by atoms with E-state index in [1.54, 1.807) is 0 Å². The maximum atomic E-state index is 12.1. The first-order valence-electron chi connectivity index (χ1n) is 6.79. The Balaban J connectivity index is 1.79. The zero-order valence-corrected chi connectivity index (χ0v) is 11.4. The van der Waals surface area contributed by atoms with Crippen LogP contribution in [0.1, 0.15) is 23.7 Å². The van der Waals surface area contributed by atoms with Crippen LogP contribution in [0.4, 0.5) is 0 Å². The summed E-state index contributed by atoms with van der Waals surface area (Å²) in [6.07, 6.45) is 5.03. The molecule has 0 aliphatic carbocycles. The first-order valence-corrected chi connectivity index (χ1v) is 6.79. The number of carbonyl (C=O) groups is 1. The predicted molar refractivity (Wildman–Crippen MR) is 72.9 cm³/mol. The van der Waals surface area contributed by atoms with E-state index in [2.05, 4.69) is 16.7 Å². The van der Waals surface area contributed by atoms with Crippen LogP contribution in [0.3, 0.4) is 0 Å². The third-order valence-corrected chi connectivity index (χ3v) is 3.53. The molecule has 0 aromatic carbocycles. The summed E-state index contributed by atoms with van der Waals surface area (Å²) in [4.78, 5) is 16.8. The number of rotatable bonds is 5. The minimum absolute atomic E-state index is 0.236. The second-order valence-corrected chi connectivity index (χ2v) is 5.11. The molecule has 0 amide bonds. The van der Waals surface area contributed by atoms with Crippen molar-refractivity contribution in [1.29, 1.82) is 0 Å². The van der Waals surface area contributed by atoms with E-state index in [1.165, 1.54) is 13.0 Å². The van der Waals surface area contributed by atoms with E-state index in [-0.39, 0.29) is 5.78 Å². The van der Waals surface area contributed by atoms with Crippen molar-refractivity contribution in [3.8, 4) is 0 Å². The second-order valence-electron chi connectivity index (χ2n) is 5.11. The van der Waals surface area contributed by atoms with E-state index >= 15 is 0 Å². The fourth-order valence-corrected chi connectivity index (χ4v) is 2.45. The summed E-state index contributed by atoms with van der Waals surface area (Å²) in [6, 6.07) is 1.90. The quantitative estimate of drug-likeness (QED) is 0.735. The van der Waals surface area contributed by atoms with Crippen molar-refractivity contribution >= 4 is 5.78 Å². The molecule has 4 heteroatoms. The fraction of sp³-hybridized carbons (Fsp3) is 0.643. The second kappa shape index (κ2) is 6.16. The Bertz CT molecular complexity index is 391. The van der Waals surface area contributed by atoms with Gasteiger partial charge < -0.3 is 9.47 Å². The number of carbonyl (C=O) groups excluding carboxylic acids is 1. The smallest absolute Gasteiger partial charge is 0.178 e. The molecule has 1 aliphatic rings. The third-order valence-electron chi connectivity index (χ3n) is 3.53. The van der Waals surface area contributed by atoms with E-state index in [4.69, 9.17) is 0 Å². The predicted octanol–water partition coefficient (Wildman–Crippen LogP) is 1.24. The number of piperazine rings is 1. The minimum atomic E-state index is 0.236. The number of ketones is 1. The van der Waals surface area contributed by atoms with Crippen LogP contribution in [-0.4, -0.2) is 59.4 Å². The van der Waals surface area contributed by atoms with Crippen molar-refractivity contribution in [1.82, 2.24) is 14.4 Å². The first-order chi connectivity index (χ1) is 8.69. The molecule has 1 fully saturated rings. The van der Waals surface area contributed by atoms with Crippen LogP contribution >= 0.6 is 0 Å². The number of hydrogen-bond acceptors (Lipinski definition) is 3. The molecule has 0 atom stereocenters. The topological polar surface area (TPSA) is 28.5 Å². The summed E-state index contributed by atoms with van der Waals surface area (Å²) >= 11 is 0. The van der Waals surface area contributed by atoms with Gasteiger partial charge in [0.05, 0.1) is 6.54 Å². The van der Waals surface area contributed by atoms with Crippen LogP contribution in [0, 0.1) is 0 Å². The molecule has 100 valence electrons. The average Bonchev–Trinajstić information content (AvgIpc) is 2.79. The van der Waals surface area contributed by atoms with Gasteiger partial charge >= 0.3 is 0 Å². The van der Waals surface area contributed by atoms with Crippen LogP contribution < -0.4 is 0 Å². The summed E-state index contributed by atoms with van der Waals surface area (Å²) in [7, 11) is 1.94. The third kappa shape index (κ3) is 3.43. The number of hydrogen-bond donors (Lipinski definition) is 0. The van der Waals surface area contributed by atoms with Crippen LogP contribution in [0.25, 0.3) is 0 Å². The highest BCUT2D eigenvalue weighted by Crippen LogP contribution is 2.06. The molecule has 18 heavy (non-hydrogen) atoms. The van der Waals surface area contributed by atoms with Crippen LogP contribution in [0.15, 0.2) is 18.5 Å². The molecular weight excluding hydrogens is 226 g/mol. The lowest BCUT2D eigenvalue weighted by Gasteiger charge is -2.34. The highest BCUT2D eigenvalue weighted by molar-refractivity contribution is 5.97. The Hall–Kier alpha value is -1.13.